The number of allylic oxidation sites excluding steroid dienone is 1. The van der Waals surface area contributed by atoms with Crippen LogP contribution < -0.4 is 5.32 Å². The molecule has 0 aliphatic carbocycles. The average molecular weight is 275 g/mol. The van der Waals surface area contributed by atoms with Crippen LogP contribution in [0.5, 0.6) is 0 Å². The number of benzene rings is 1. The van der Waals surface area contributed by atoms with Crippen LogP contribution in [0, 0.1) is 22.7 Å². The fourth-order valence-electron chi connectivity index (χ4n) is 2.47. The Morgan fingerprint density at radius 3 is 2.71 bits per heavy atom. The highest BCUT2D eigenvalue weighted by Gasteiger charge is 2.16. The van der Waals surface area contributed by atoms with E-state index < -0.39 is 0 Å². The van der Waals surface area contributed by atoms with Crippen LogP contribution in [0.3, 0.4) is 0 Å². The molecule has 0 bridgehead atoms. The van der Waals surface area contributed by atoms with Crippen molar-refractivity contribution in [2.45, 2.75) is 19.4 Å². The molecule has 0 saturated carbocycles. The summed E-state index contributed by atoms with van der Waals surface area (Å²) in [7, 11) is 0. The van der Waals surface area contributed by atoms with E-state index in [1.165, 1.54) is 6.20 Å². The predicted molar refractivity (Wildman–Crippen MR) is 78.9 cm³/mol. The smallest absolute Gasteiger partial charge is 0.145 e. The van der Waals surface area contributed by atoms with Gasteiger partial charge in [0.25, 0.3) is 0 Å². The SMILES string of the molecule is N#CC(C#N)=CNc1ccc(-c2cnc3n2CCC3)cc1. The molecule has 2 aromatic rings. The second-order valence-electron chi connectivity index (χ2n) is 4.82. The van der Waals surface area contributed by atoms with Crippen molar-refractivity contribution in [2.24, 2.45) is 0 Å². The summed E-state index contributed by atoms with van der Waals surface area (Å²) in [6.07, 6.45) is 5.53. The summed E-state index contributed by atoms with van der Waals surface area (Å²) < 4.78 is 2.26. The highest BCUT2D eigenvalue weighted by atomic mass is 15.1. The number of fused-ring (bicyclic) bond motifs is 1. The summed E-state index contributed by atoms with van der Waals surface area (Å²) in [5.74, 6) is 1.16. The predicted octanol–water partition coefficient (Wildman–Crippen LogP) is 2.84. The summed E-state index contributed by atoms with van der Waals surface area (Å²) >= 11 is 0. The molecule has 0 amide bonds. The lowest BCUT2D eigenvalue weighted by atomic mass is 10.1. The Morgan fingerprint density at radius 2 is 2.00 bits per heavy atom. The zero-order chi connectivity index (χ0) is 14.7. The largest absolute Gasteiger partial charge is 0.360 e. The summed E-state index contributed by atoms with van der Waals surface area (Å²) in [6.45, 7) is 1.03. The van der Waals surface area contributed by atoms with Gasteiger partial charge in [-0.3, -0.25) is 0 Å². The van der Waals surface area contributed by atoms with Gasteiger partial charge in [0.1, 0.15) is 23.5 Å². The van der Waals surface area contributed by atoms with Gasteiger partial charge in [0.05, 0.1) is 11.9 Å². The van der Waals surface area contributed by atoms with E-state index in [4.69, 9.17) is 10.5 Å². The number of nitrogens with one attached hydrogen (secondary N) is 1. The van der Waals surface area contributed by atoms with Crippen LogP contribution in [0.25, 0.3) is 11.3 Å². The van der Waals surface area contributed by atoms with Crippen LogP contribution >= 0.6 is 0 Å². The third-order valence-electron chi connectivity index (χ3n) is 3.53. The number of rotatable bonds is 3. The monoisotopic (exact) mass is 275 g/mol. The number of hydrogen-bond acceptors (Lipinski definition) is 4. The van der Waals surface area contributed by atoms with Gasteiger partial charge >= 0.3 is 0 Å². The molecule has 0 radical (unpaired) electrons. The number of nitrogens with zero attached hydrogens (tertiary/aromatic N) is 4. The summed E-state index contributed by atoms with van der Waals surface area (Å²) in [6, 6.07) is 11.5. The standard InChI is InChI=1S/C16H13N5/c17-8-12(9-18)10-19-14-5-3-13(4-6-14)15-11-20-16-2-1-7-21(15)16/h3-6,10-11,19H,1-2,7H2. The van der Waals surface area contributed by atoms with Gasteiger partial charge in [-0.2, -0.15) is 10.5 Å². The number of imidazole rings is 1. The van der Waals surface area contributed by atoms with Crippen molar-refractivity contribution in [3.05, 3.63) is 48.1 Å². The number of aromatic nitrogens is 2. The first-order valence-electron chi connectivity index (χ1n) is 6.73. The van der Waals surface area contributed by atoms with Crippen molar-refractivity contribution >= 4 is 5.69 Å². The fourth-order valence-corrected chi connectivity index (χ4v) is 2.47. The van der Waals surface area contributed by atoms with E-state index in [0.717, 1.165) is 42.2 Å². The van der Waals surface area contributed by atoms with Crippen molar-refractivity contribution in [3.63, 3.8) is 0 Å². The minimum atomic E-state index is 0.0488. The maximum absolute atomic E-state index is 8.67. The second kappa shape index (κ2) is 5.52. The second-order valence-corrected chi connectivity index (χ2v) is 4.82. The van der Waals surface area contributed by atoms with Crippen molar-refractivity contribution in [3.8, 4) is 23.4 Å². The highest BCUT2D eigenvalue weighted by molar-refractivity contribution is 5.64. The number of nitriles is 2. The van der Waals surface area contributed by atoms with E-state index in [2.05, 4.69) is 14.9 Å². The van der Waals surface area contributed by atoms with Crippen molar-refractivity contribution in [1.82, 2.24) is 9.55 Å². The lowest BCUT2D eigenvalue weighted by Crippen LogP contribution is -1.95. The van der Waals surface area contributed by atoms with Crippen LogP contribution in [0.1, 0.15) is 12.2 Å². The summed E-state index contributed by atoms with van der Waals surface area (Å²) in [5, 5.41) is 20.3. The molecule has 0 spiro atoms. The zero-order valence-corrected chi connectivity index (χ0v) is 11.4. The molecule has 0 atom stereocenters. The molecule has 1 aromatic heterocycles. The Morgan fingerprint density at radius 1 is 1.24 bits per heavy atom. The zero-order valence-electron chi connectivity index (χ0n) is 11.4. The first kappa shape index (κ1) is 13.0. The van der Waals surface area contributed by atoms with Gasteiger partial charge in [0.15, 0.2) is 0 Å². The first-order chi connectivity index (χ1) is 10.3. The Kier molecular flexibility index (Phi) is 3.41. The van der Waals surface area contributed by atoms with Crippen molar-refractivity contribution in [2.75, 3.05) is 5.32 Å². The van der Waals surface area contributed by atoms with Gasteiger partial charge in [-0.15, -0.1) is 0 Å². The molecule has 1 aliphatic heterocycles. The van der Waals surface area contributed by atoms with E-state index in [1.54, 1.807) is 0 Å². The van der Waals surface area contributed by atoms with Gasteiger partial charge in [-0.1, -0.05) is 12.1 Å². The van der Waals surface area contributed by atoms with Crippen LogP contribution in [0.2, 0.25) is 0 Å². The van der Waals surface area contributed by atoms with Crippen molar-refractivity contribution in [1.29, 1.82) is 10.5 Å². The normalized spacial score (nSPS) is 12.1. The lowest BCUT2D eigenvalue weighted by Gasteiger charge is -2.06. The van der Waals surface area contributed by atoms with E-state index in [1.807, 2.05) is 42.6 Å². The van der Waals surface area contributed by atoms with E-state index in [0.29, 0.717) is 0 Å². The van der Waals surface area contributed by atoms with Crippen LogP contribution in [-0.2, 0) is 13.0 Å². The van der Waals surface area contributed by atoms with Gasteiger partial charge < -0.3 is 9.88 Å². The topological polar surface area (TPSA) is 77.4 Å². The maximum atomic E-state index is 8.67. The Hall–Kier alpha value is -3.05. The molecule has 0 fully saturated rings. The minimum Gasteiger partial charge on any atom is -0.360 e. The molecule has 5 nitrogen and oxygen atoms in total. The first-order valence-corrected chi connectivity index (χ1v) is 6.73. The summed E-state index contributed by atoms with van der Waals surface area (Å²) in [5.41, 5.74) is 3.14. The number of hydrogen-bond donors (Lipinski definition) is 1. The third kappa shape index (κ3) is 2.50. The minimum absolute atomic E-state index is 0.0488. The molecule has 21 heavy (non-hydrogen) atoms. The Bertz CT molecular complexity index is 752. The van der Waals surface area contributed by atoms with Crippen LogP contribution in [0.15, 0.2) is 42.2 Å². The molecule has 0 saturated heterocycles. The molecule has 102 valence electrons. The Balaban J connectivity index is 1.80. The molecule has 3 rings (SSSR count). The van der Waals surface area contributed by atoms with E-state index >= 15 is 0 Å². The maximum Gasteiger partial charge on any atom is 0.145 e. The molecular formula is C16H13N5. The summed E-state index contributed by atoms with van der Waals surface area (Å²) in [4.78, 5) is 4.44. The number of aryl methyl sites for hydroxylation is 1. The van der Waals surface area contributed by atoms with E-state index in [9.17, 15) is 0 Å². The van der Waals surface area contributed by atoms with Crippen LogP contribution in [0.4, 0.5) is 5.69 Å². The lowest BCUT2D eigenvalue weighted by molar-refractivity contribution is 0.756. The highest BCUT2D eigenvalue weighted by Crippen LogP contribution is 2.26. The van der Waals surface area contributed by atoms with Gasteiger partial charge in [-0.05, 0) is 24.1 Å². The molecule has 1 aromatic carbocycles. The number of anilines is 1. The Labute approximate surface area is 122 Å². The van der Waals surface area contributed by atoms with Crippen molar-refractivity contribution < 1.29 is 0 Å². The molecular weight excluding hydrogens is 262 g/mol. The quantitative estimate of drug-likeness (QED) is 0.874. The molecule has 1 aliphatic rings. The van der Waals surface area contributed by atoms with Gasteiger partial charge in [0, 0.05) is 24.9 Å². The average Bonchev–Trinajstić information content (AvgIpc) is 3.12. The molecule has 5 heteroatoms. The van der Waals surface area contributed by atoms with E-state index in [-0.39, 0.29) is 5.57 Å². The fraction of sp³-hybridized carbons (Fsp3) is 0.188. The molecule has 1 N–H and O–H groups in total. The van der Waals surface area contributed by atoms with Crippen LogP contribution in [-0.4, -0.2) is 9.55 Å². The van der Waals surface area contributed by atoms with Gasteiger partial charge in [0.2, 0.25) is 0 Å². The third-order valence-corrected chi connectivity index (χ3v) is 3.53. The molecule has 2 heterocycles. The van der Waals surface area contributed by atoms with Gasteiger partial charge in [-0.25, -0.2) is 4.98 Å². The molecule has 0 unspecified atom stereocenters.